The molecule has 0 aliphatic heterocycles. The van der Waals surface area contributed by atoms with Gasteiger partial charge >= 0.3 is 0 Å². The maximum absolute atomic E-state index is 5.30. The average molecular weight is 273 g/mol. The highest BCUT2D eigenvalue weighted by molar-refractivity contribution is 9.09. The molecule has 0 radical (unpaired) electrons. The normalized spacial score (nSPS) is 12.5. The number of rotatable bonds is 6. The van der Waals surface area contributed by atoms with Crippen LogP contribution in [0, 0.1) is 0 Å². The van der Waals surface area contributed by atoms with Crippen molar-refractivity contribution in [3.8, 4) is 5.88 Å². The van der Waals surface area contributed by atoms with Crippen LogP contribution in [0.15, 0.2) is 12.4 Å². The molecular formula is C11H17BrN2O. The zero-order valence-corrected chi connectivity index (χ0v) is 10.8. The summed E-state index contributed by atoms with van der Waals surface area (Å²) in [5.41, 5.74) is 0.983. The summed E-state index contributed by atoms with van der Waals surface area (Å²) in [7, 11) is 0. The van der Waals surface area contributed by atoms with Gasteiger partial charge in [-0.25, -0.2) is 4.98 Å². The van der Waals surface area contributed by atoms with Crippen LogP contribution in [-0.2, 0) is 6.42 Å². The van der Waals surface area contributed by atoms with Crippen molar-refractivity contribution < 1.29 is 4.74 Å². The molecule has 0 saturated heterocycles. The number of ether oxygens (including phenoxy) is 1. The summed E-state index contributed by atoms with van der Waals surface area (Å²) in [6, 6.07) is 0. The topological polar surface area (TPSA) is 35.0 Å². The van der Waals surface area contributed by atoms with Gasteiger partial charge in [0.05, 0.1) is 18.5 Å². The summed E-state index contributed by atoms with van der Waals surface area (Å²) in [6.07, 6.45) is 6.68. The van der Waals surface area contributed by atoms with Crippen molar-refractivity contribution in [2.24, 2.45) is 0 Å². The predicted octanol–water partition coefficient (Wildman–Crippen LogP) is 2.98. The maximum Gasteiger partial charge on any atom is 0.232 e. The van der Waals surface area contributed by atoms with E-state index in [1.807, 2.05) is 6.92 Å². The summed E-state index contributed by atoms with van der Waals surface area (Å²) in [5.74, 6) is 0.617. The molecular weight excluding hydrogens is 256 g/mol. The first-order valence-electron chi connectivity index (χ1n) is 5.34. The second-order valence-corrected chi connectivity index (χ2v) is 4.67. The van der Waals surface area contributed by atoms with Gasteiger partial charge in [0, 0.05) is 17.4 Å². The highest BCUT2D eigenvalue weighted by Gasteiger charge is 2.06. The van der Waals surface area contributed by atoms with E-state index in [4.69, 9.17) is 4.74 Å². The standard InChI is InChI=1S/C11H17BrN2O/c1-3-5-9(12)6-10-7-13-8-11(14-10)15-4-2/h7-9H,3-6H2,1-2H3. The van der Waals surface area contributed by atoms with Gasteiger partial charge in [-0.2, -0.15) is 0 Å². The molecule has 0 saturated carbocycles. The number of hydrogen-bond acceptors (Lipinski definition) is 3. The first-order valence-corrected chi connectivity index (χ1v) is 6.25. The molecule has 3 nitrogen and oxygen atoms in total. The van der Waals surface area contributed by atoms with E-state index < -0.39 is 0 Å². The SMILES string of the molecule is CCCC(Br)Cc1cncc(OCC)n1. The summed E-state index contributed by atoms with van der Waals surface area (Å²) in [6.45, 7) is 4.75. The van der Waals surface area contributed by atoms with Gasteiger partial charge in [-0.1, -0.05) is 29.3 Å². The van der Waals surface area contributed by atoms with Gasteiger partial charge in [0.15, 0.2) is 0 Å². The summed E-state index contributed by atoms with van der Waals surface area (Å²) >= 11 is 3.63. The molecule has 1 rings (SSSR count). The van der Waals surface area contributed by atoms with Crippen molar-refractivity contribution in [3.05, 3.63) is 18.1 Å². The molecule has 0 aliphatic carbocycles. The third-order valence-electron chi connectivity index (χ3n) is 1.99. The Labute approximate surface area is 99.4 Å². The van der Waals surface area contributed by atoms with E-state index in [2.05, 4.69) is 32.8 Å². The third kappa shape index (κ3) is 4.60. The van der Waals surface area contributed by atoms with Crippen LogP contribution in [0.4, 0.5) is 0 Å². The molecule has 0 fully saturated rings. The van der Waals surface area contributed by atoms with Gasteiger partial charge in [0.25, 0.3) is 0 Å². The zero-order valence-electron chi connectivity index (χ0n) is 9.24. The molecule has 0 amide bonds. The predicted molar refractivity (Wildman–Crippen MR) is 64.5 cm³/mol. The molecule has 0 N–H and O–H groups in total. The van der Waals surface area contributed by atoms with Gasteiger partial charge in [0.1, 0.15) is 0 Å². The van der Waals surface area contributed by atoms with Crippen LogP contribution in [0.2, 0.25) is 0 Å². The van der Waals surface area contributed by atoms with Gasteiger partial charge in [0.2, 0.25) is 5.88 Å². The van der Waals surface area contributed by atoms with Crippen LogP contribution >= 0.6 is 15.9 Å². The summed E-state index contributed by atoms with van der Waals surface area (Å²) in [4.78, 5) is 8.96. The lowest BCUT2D eigenvalue weighted by Crippen LogP contribution is -2.05. The van der Waals surface area contributed by atoms with E-state index in [1.54, 1.807) is 12.4 Å². The Balaban J connectivity index is 2.56. The fourth-order valence-electron chi connectivity index (χ4n) is 1.34. The van der Waals surface area contributed by atoms with Crippen molar-refractivity contribution in [1.82, 2.24) is 9.97 Å². The van der Waals surface area contributed by atoms with Crippen LogP contribution in [0.1, 0.15) is 32.4 Å². The van der Waals surface area contributed by atoms with E-state index in [1.165, 1.54) is 6.42 Å². The smallest absolute Gasteiger partial charge is 0.232 e. The number of hydrogen-bond donors (Lipinski definition) is 0. The Kier molecular flexibility index (Phi) is 5.61. The zero-order chi connectivity index (χ0) is 11.1. The van der Waals surface area contributed by atoms with Crippen molar-refractivity contribution in [2.45, 2.75) is 37.9 Å². The van der Waals surface area contributed by atoms with Crippen molar-refractivity contribution in [2.75, 3.05) is 6.61 Å². The van der Waals surface area contributed by atoms with Crippen LogP contribution in [0.25, 0.3) is 0 Å². The molecule has 0 aliphatic rings. The van der Waals surface area contributed by atoms with Crippen LogP contribution in [0.5, 0.6) is 5.88 Å². The second kappa shape index (κ2) is 6.77. The quantitative estimate of drug-likeness (QED) is 0.747. The third-order valence-corrected chi connectivity index (χ3v) is 2.77. The van der Waals surface area contributed by atoms with E-state index in [9.17, 15) is 0 Å². The highest BCUT2D eigenvalue weighted by Crippen LogP contribution is 2.14. The monoisotopic (exact) mass is 272 g/mol. The Morgan fingerprint density at radius 2 is 2.20 bits per heavy atom. The van der Waals surface area contributed by atoms with E-state index in [0.717, 1.165) is 18.5 Å². The second-order valence-electron chi connectivity index (χ2n) is 3.37. The Morgan fingerprint density at radius 3 is 2.87 bits per heavy atom. The first-order chi connectivity index (χ1) is 7.26. The molecule has 1 unspecified atom stereocenters. The molecule has 0 bridgehead atoms. The molecule has 15 heavy (non-hydrogen) atoms. The summed E-state index contributed by atoms with van der Waals surface area (Å²) in [5, 5.41) is 0. The van der Waals surface area contributed by atoms with Crippen molar-refractivity contribution in [3.63, 3.8) is 0 Å². The highest BCUT2D eigenvalue weighted by atomic mass is 79.9. The number of aromatic nitrogens is 2. The van der Waals surface area contributed by atoms with Crippen molar-refractivity contribution in [1.29, 1.82) is 0 Å². The minimum absolute atomic E-state index is 0.480. The molecule has 4 heteroatoms. The van der Waals surface area contributed by atoms with Gasteiger partial charge in [-0.3, -0.25) is 4.98 Å². The largest absolute Gasteiger partial charge is 0.477 e. The molecule has 1 aromatic rings. The average Bonchev–Trinajstić information content (AvgIpc) is 2.19. The van der Waals surface area contributed by atoms with Gasteiger partial charge in [-0.15, -0.1) is 0 Å². The fourth-order valence-corrected chi connectivity index (χ4v) is 2.13. The molecule has 1 atom stereocenters. The number of nitrogens with zero attached hydrogens (tertiary/aromatic N) is 2. The van der Waals surface area contributed by atoms with E-state index in [-0.39, 0.29) is 0 Å². The van der Waals surface area contributed by atoms with E-state index in [0.29, 0.717) is 17.3 Å². The van der Waals surface area contributed by atoms with Crippen LogP contribution in [0.3, 0.4) is 0 Å². The van der Waals surface area contributed by atoms with Gasteiger partial charge in [-0.05, 0) is 13.3 Å². The first kappa shape index (κ1) is 12.4. The molecule has 0 spiro atoms. The van der Waals surface area contributed by atoms with Gasteiger partial charge < -0.3 is 4.74 Å². The van der Waals surface area contributed by atoms with E-state index >= 15 is 0 Å². The summed E-state index contributed by atoms with van der Waals surface area (Å²) < 4.78 is 5.30. The Hall–Kier alpha value is -0.640. The minimum atomic E-state index is 0.480. The minimum Gasteiger partial charge on any atom is -0.477 e. The molecule has 1 aromatic heterocycles. The molecule has 84 valence electrons. The van der Waals surface area contributed by atoms with Crippen molar-refractivity contribution >= 4 is 15.9 Å². The molecule has 0 aromatic carbocycles. The maximum atomic E-state index is 5.30. The van der Waals surface area contributed by atoms with Crippen LogP contribution < -0.4 is 4.74 Å². The van der Waals surface area contributed by atoms with Crippen LogP contribution in [-0.4, -0.2) is 21.4 Å². The fraction of sp³-hybridized carbons (Fsp3) is 0.636. The Morgan fingerprint density at radius 1 is 1.40 bits per heavy atom. The lowest BCUT2D eigenvalue weighted by molar-refractivity contribution is 0.324. The Bertz CT molecular complexity index is 294. The number of alkyl halides is 1. The number of halogens is 1. The lowest BCUT2D eigenvalue weighted by Gasteiger charge is -2.08. The molecule has 1 heterocycles. The lowest BCUT2D eigenvalue weighted by atomic mass is 10.2.